The molecular weight excluding hydrogens is 300 g/mol. The number of nitro benzene ring substituents is 1. The highest BCUT2D eigenvalue weighted by atomic mass is 16.6. The standard InChI is InChI=1S/C20H14N2O2/c23-22(24)17-8-5-14(6-9-17)18-3-1-2-4-19(18)15-7-10-20-16(13-15)11-12-21-20/h1-13,21H. The van der Waals surface area contributed by atoms with E-state index in [-0.39, 0.29) is 10.6 Å². The molecule has 4 nitrogen and oxygen atoms in total. The van der Waals surface area contributed by atoms with Gasteiger partial charge in [-0.15, -0.1) is 0 Å². The molecular formula is C20H14N2O2. The Balaban J connectivity index is 1.84. The van der Waals surface area contributed by atoms with Gasteiger partial charge in [-0.2, -0.15) is 0 Å². The van der Waals surface area contributed by atoms with Crippen molar-refractivity contribution in [3.05, 3.63) is 89.1 Å². The lowest BCUT2D eigenvalue weighted by Crippen LogP contribution is -1.88. The number of nitrogens with one attached hydrogen (secondary N) is 1. The van der Waals surface area contributed by atoms with Crippen LogP contribution in [0.3, 0.4) is 0 Å². The van der Waals surface area contributed by atoms with Crippen LogP contribution in [0.5, 0.6) is 0 Å². The maximum atomic E-state index is 10.8. The quantitative estimate of drug-likeness (QED) is 0.406. The predicted molar refractivity (Wildman–Crippen MR) is 95.8 cm³/mol. The van der Waals surface area contributed by atoms with Gasteiger partial charge in [0.05, 0.1) is 4.92 Å². The van der Waals surface area contributed by atoms with Crippen LogP contribution in [0.25, 0.3) is 33.2 Å². The summed E-state index contributed by atoms with van der Waals surface area (Å²) in [5.41, 5.74) is 5.45. The zero-order chi connectivity index (χ0) is 16.5. The smallest absolute Gasteiger partial charge is 0.269 e. The molecule has 0 bridgehead atoms. The van der Waals surface area contributed by atoms with Crippen molar-refractivity contribution in [2.75, 3.05) is 0 Å². The van der Waals surface area contributed by atoms with Gasteiger partial charge in [0.25, 0.3) is 5.69 Å². The molecule has 116 valence electrons. The highest BCUT2D eigenvalue weighted by Gasteiger charge is 2.10. The summed E-state index contributed by atoms with van der Waals surface area (Å²) in [6.45, 7) is 0. The molecule has 4 heteroatoms. The fourth-order valence-electron chi connectivity index (χ4n) is 2.97. The molecule has 0 aliphatic carbocycles. The van der Waals surface area contributed by atoms with E-state index in [0.29, 0.717) is 0 Å². The normalized spacial score (nSPS) is 10.8. The third-order valence-electron chi connectivity index (χ3n) is 4.18. The third kappa shape index (κ3) is 2.44. The van der Waals surface area contributed by atoms with Crippen LogP contribution in [0.4, 0.5) is 5.69 Å². The van der Waals surface area contributed by atoms with E-state index in [1.165, 1.54) is 0 Å². The van der Waals surface area contributed by atoms with Crippen LogP contribution in [0.2, 0.25) is 0 Å². The summed E-state index contributed by atoms with van der Waals surface area (Å²) in [7, 11) is 0. The Morgan fingerprint density at radius 3 is 2.17 bits per heavy atom. The summed E-state index contributed by atoms with van der Waals surface area (Å²) >= 11 is 0. The topological polar surface area (TPSA) is 58.9 Å². The van der Waals surface area contributed by atoms with Gasteiger partial charge in [0.1, 0.15) is 0 Å². The van der Waals surface area contributed by atoms with Crippen molar-refractivity contribution < 1.29 is 4.92 Å². The number of aromatic amines is 1. The van der Waals surface area contributed by atoms with Gasteiger partial charge in [-0.3, -0.25) is 10.1 Å². The number of nitrogens with zero attached hydrogens (tertiary/aromatic N) is 1. The summed E-state index contributed by atoms with van der Waals surface area (Å²) in [5, 5.41) is 12.0. The van der Waals surface area contributed by atoms with E-state index >= 15 is 0 Å². The number of benzene rings is 3. The SMILES string of the molecule is O=[N+]([O-])c1ccc(-c2ccccc2-c2ccc3[nH]ccc3c2)cc1. The number of fused-ring (bicyclic) bond motifs is 1. The van der Waals surface area contributed by atoms with Crippen LogP contribution in [-0.4, -0.2) is 9.91 Å². The highest BCUT2D eigenvalue weighted by molar-refractivity contribution is 5.90. The van der Waals surface area contributed by atoms with Gasteiger partial charge < -0.3 is 4.98 Å². The summed E-state index contributed by atoms with van der Waals surface area (Å²) < 4.78 is 0. The van der Waals surface area contributed by atoms with Crippen LogP contribution in [0.1, 0.15) is 0 Å². The Morgan fingerprint density at radius 2 is 1.46 bits per heavy atom. The lowest BCUT2D eigenvalue weighted by Gasteiger charge is -2.10. The minimum atomic E-state index is -0.379. The molecule has 0 atom stereocenters. The monoisotopic (exact) mass is 314 g/mol. The molecule has 1 heterocycles. The summed E-state index contributed by atoms with van der Waals surface area (Å²) in [6.07, 6.45) is 1.93. The van der Waals surface area contributed by atoms with Gasteiger partial charge in [-0.1, -0.05) is 30.3 Å². The predicted octanol–water partition coefficient (Wildman–Crippen LogP) is 5.41. The first-order valence-electron chi connectivity index (χ1n) is 7.64. The van der Waals surface area contributed by atoms with E-state index in [9.17, 15) is 10.1 Å². The molecule has 1 aromatic heterocycles. The molecule has 4 rings (SSSR count). The molecule has 24 heavy (non-hydrogen) atoms. The fourth-order valence-corrected chi connectivity index (χ4v) is 2.97. The van der Waals surface area contributed by atoms with E-state index in [2.05, 4.69) is 29.2 Å². The fraction of sp³-hybridized carbons (Fsp3) is 0. The number of hydrogen-bond donors (Lipinski definition) is 1. The lowest BCUT2D eigenvalue weighted by atomic mass is 9.94. The molecule has 4 aromatic rings. The molecule has 0 aliphatic rings. The van der Waals surface area contributed by atoms with Gasteiger partial charge in [0.15, 0.2) is 0 Å². The van der Waals surface area contributed by atoms with Gasteiger partial charge in [0, 0.05) is 23.8 Å². The zero-order valence-electron chi connectivity index (χ0n) is 12.8. The van der Waals surface area contributed by atoms with E-state index in [1.54, 1.807) is 24.3 Å². The number of aromatic nitrogens is 1. The molecule has 0 aliphatic heterocycles. The second kappa shape index (κ2) is 5.66. The molecule has 0 fully saturated rings. The second-order valence-corrected chi connectivity index (χ2v) is 5.63. The minimum absolute atomic E-state index is 0.102. The number of rotatable bonds is 3. The van der Waals surface area contributed by atoms with Gasteiger partial charge >= 0.3 is 0 Å². The minimum Gasteiger partial charge on any atom is -0.361 e. The number of hydrogen-bond acceptors (Lipinski definition) is 2. The van der Waals surface area contributed by atoms with E-state index < -0.39 is 0 Å². The number of H-pyrrole nitrogens is 1. The van der Waals surface area contributed by atoms with Crippen LogP contribution in [0, 0.1) is 10.1 Å². The first-order valence-corrected chi connectivity index (χ1v) is 7.64. The van der Waals surface area contributed by atoms with Crippen molar-refractivity contribution in [1.82, 2.24) is 4.98 Å². The lowest BCUT2D eigenvalue weighted by molar-refractivity contribution is -0.384. The Morgan fingerprint density at radius 1 is 0.792 bits per heavy atom. The van der Waals surface area contributed by atoms with Gasteiger partial charge in [-0.25, -0.2) is 0 Å². The van der Waals surface area contributed by atoms with Crippen LogP contribution >= 0.6 is 0 Å². The number of nitro groups is 1. The van der Waals surface area contributed by atoms with Crippen molar-refractivity contribution in [3.8, 4) is 22.3 Å². The van der Waals surface area contributed by atoms with Crippen molar-refractivity contribution >= 4 is 16.6 Å². The summed E-state index contributed by atoms with van der Waals surface area (Å²) in [4.78, 5) is 13.7. The number of non-ortho nitro benzene ring substituents is 1. The summed E-state index contributed by atoms with van der Waals surface area (Å²) in [6, 6.07) is 23.1. The Hall–Kier alpha value is -3.40. The van der Waals surface area contributed by atoms with Gasteiger partial charge in [-0.05, 0) is 58.0 Å². The van der Waals surface area contributed by atoms with Crippen molar-refractivity contribution in [1.29, 1.82) is 0 Å². The Kier molecular flexibility index (Phi) is 3.35. The summed E-state index contributed by atoms with van der Waals surface area (Å²) in [5.74, 6) is 0. The molecule has 0 unspecified atom stereocenters. The van der Waals surface area contributed by atoms with E-state index in [4.69, 9.17) is 0 Å². The van der Waals surface area contributed by atoms with Crippen LogP contribution in [0.15, 0.2) is 79.0 Å². The highest BCUT2D eigenvalue weighted by Crippen LogP contribution is 2.34. The average Bonchev–Trinajstić information content (AvgIpc) is 3.09. The maximum absolute atomic E-state index is 10.8. The third-order valence-corrected chi connectivity index (χ3v) is 4.18. The molecule has 0 saturated carbocycles. The zero-order valence-corrected chi connectivity index (χ0v) is 12.8. The molecule has 0 spiro atoms. The average molecular weight is 314 g/mol. The maximum Gasteiger partial charge on any atom is 0.269 e. The second-order valence-electron chi connectivity index (χ2n) is 5.63. The molecule has 3 aromatic carbocycles. The Bertz CT molecular complexity index is 1030. The van der Waals surface area contributed by atoms with Crippen molar-refractivity contribution in [2.24, 2.45) is 0 Å². The molecule has 0 saturated heterocycles. The Labute approximate surface area is 138 Å². The largest absolute Gasteiger partial charge is 0.361 e. The molecule has 1 N–H and O–H groups in total. The first kappa shape index (κ1) is 14.2. The molecule has 0 radical (unpaired) electrons. The van der Waals surface area contributed by atoms with Gasteiger partial charge in [0.2, 0.25) is 0 Å². The van der Waals surface area contributed by atoms with E-state index in [0.717, 1.165) is 33.2 Å². The first-order chi connectivity index (χ1) is 11.7. The van der Waals surface area contributed by atoms with Crippen LogP contribution < -0.4 is 0 Å². The van der Waals surface area contributed by atoms with Crippen molar-refractivity contribution in [3.63, 3.8) is 0 Å². The molecule has 0 amide bonds. The van der Waals surface area contributed by atoms with Crippen molar-refractivity contribution in [2.45, 2.75) is 0 Å². The van der Waals surface area contributed by atoms with E-state index in [1.807, 2.05) is 30.5 Å². The van der Waals surface area contributed by atoms with Crippen LogP contribution in [-0.2, 0) is 0 Å².